The second kappa shape index (κ2) is 10.9. The molecule has 0 aliphatic rings. The first-order chi connectivity index (χ1) is 16.0. The number of hydrogen-bond acceptors (Lipinski definition) is 6. The molecule has 0 bridgehead atoms. The molecule has 0 spiro atoms. The molecule has 1 N–H and O–H groups in total. The highest BCUT2D eigenvalue weighted by atomic mass is 79.9. The maximum Gasteiger partial charge on any atom is 0.250 e. The Labute approximate surface area is 212 Å². The fourth-order valence-corrected chi connectivity index (χ4v) is 4.34. The lowest BCUT2D eigenvalue weighted by molar-refractivity contribution is -0.118. The smallest absolute Gasteiger partial charge is 0.250 e. The third kappa shape index (κ3) is 5.80. The number of nitrogens with zero attached hydrogens (tertiary/aromatic N) is 5. The lowest BCUT2D eigenvalue weighted by atomic mass is 10.2. The molecule has 0 aliphatic heterocycles. The number of thioether (sulfide) groups is 1. The molecule has 4 rings (SSSR count). The van der Waals surface area contributed by atoms with E-state index in [9.17, 15) is 4.79 Å². The summed E-state index contributed by atoms with van der Waals surface area (Å²) in [6, 6.07) is 16.6. The number of aromatic nitrogens is 4. The molecule has 7 nitrogen and oxygen atoms in total. The molecule has 33 heavy (non-hydrogen) atoms. The standard InChI is InChI=1S/C22H15BrCl2N6OS/c23-15-4-6-16(7-5-15)31-21(14-8-10-26-11-9-14)29-30-22(31)33-13-20(32)28-27-12-17-18(24)2-1-3-19(17)25/h1-12H,13H2,(H,28,32). The molecule has 1 amide bonds. The molecule has 0 aliphatic carbocycles. The van der Waals surface area contributed by atoms with Gasteiger partial charge in [-0.3, -0.25) is 14.3 Å². The van der Waals surface area contributed by atoms with Gasteiger partial charge in [0, 0.05) is 33.7 Å². The quantitative estimate of drug-likeness (QED) is 0.179. The van der Waals surface area contributed by atoms with E-state index in [1.54, 1.807) is 30.6 Å². The molecule has 2 aromatic carbocycles. The highest BCUT2D eigenvalue weighted by molar-refractivity contribution is 9.10. The minimum atomic E-state index is -0.310. The zero-order valence-electron chi connectivity index (χ0n) is 16.8. The Morgan fingerprint density at radius 3 is 2.45 bits per heavy atom. The second-order valence-corrected chi connectivity index (χ2v) is 9.24. The first-order valence-electron chi connectivity index (χ1n) is 9.53. The van der Waals surface area contributed by atoms with Gasteiger partial charge in [-0.2, -0.15) is 5.10 Å². The Morgan fingerprint density at radius 2 is 1.76 bits per heavy atom. The molecule has 0 unspecified atom stereocenters. The van der Waals surface area contributed by atoms with E-state index in [-0.39, 0.29) is 11.7 Å². The average Bonchev–Trinajstić information content (AvgIpc) is 3.25. The maximum absolute atomic E-state index is 12.4. The van der Waals surface area contributed by atoms with Gasteiger partial charge in [0.05, 0.1) is 22.0 Å². The fraction of sp³-hybridized carbons (Fsp3) is 0.0455. The normalized spacial score (nSPS) is 11.1. The van der Waals surface area contributed by atoms with Crippen LogP contribution in [0.25, 0.3) is 17.1 Å². The topological polar surface area (TPSA) is 85.1 Å². The summed E-state index contributed by atoms with van der Waals surface area (Å²) in [6.45, 7) is 0. The van der Waals surface area contributed by atoms with Crippen molar-refractivity contribution in [2.75, 3.05) is 5.75 Å². The first kappa shape index (κ1) is 23.4. The molecule has 0 saturated carbocycles. The number of nitrogens with one attached hydrogen (secondary N) is 1. The molecule has 166 valence electrons. The third-order valence-corrected chi connectivity index (χ3v) is 6.49. The van der Waals surface area contributed by atoms with Gasteiger partial charge in [0.25, 0.3) is 5.91 Å². The molecular weight excluding hydrogens is 547 g/mol. The van der Waals surface area contributed by atoms with Gasteiger partial charge in [-0.15, -0.1) is 10.2 Å². The van der Waals surface area contributed by atoms with Gasteiger partial charge in [-0.25, -0.2) is 5.43 Å². The number of hydrogen-bond donors (Lipinski definition) is 1. The van der Waals surface area contributed by atoms with E-state index in [0.717, 1.165) is 15.7 Å². The lowest BCUT2D eigenvalue weighted by Gasteiger charge is -2.10. The molecule has 2 aromatic heterocycles. The number of benzene rings is 2. The van der Waals surface area contributed by atoms with Crippen LogP contribution in [-0.4, -0.2) is 37.6 Å². The molecule has 0 radical (unpaired) electrons. The average molecular weight is 562 g/mol. The summed E-state index contributed by atoms with van der Waals surface area (Å²) in [7, 11) is 0. The van der Waals surface area contributed by atoms with E-state index < -0.39 is 0 Å². The van der Waals surface area contributed by atoms with E-state index >= 15 is 0 Å². The minimum Gasteiger partial charge on any atom is -0.272 e. The summed E-state index contributed by atoms with van der Waals surface area (Å²) < 4.78 is 2.85. The van der Waals surface area contributed by atoms with Crippen LogP contribution in [0.3, 0.4) is 0 Å². The predicted molar refractivity (Wildman–Crippen MR) is 135 cm³/mol. The third-order valence-electron chi connectivity index (χ3n) is 4.37. The number of pyridine rings is 1. The van der Waals surface area contributed by atoms with Gasteiger partial charge in [-0.05, 0) is 48.5 Å². The van der Waals surface area contributed by atoms with Crippen LogP contribution in [0, 0.1) is 0 Å². The fourth-order valence-electron chi connectivity index (χ4n) is 2.84. The van der Waals surface area contributed by atoms with E-state index in [1.807, 2.05) is 41.0 Å². The predicted octanol–water partition coefficient (Wildman–Crippen LogP) is 5.64. The van der Waals surface area contributed by atoms with Gasteiger partial charge >= 0.3 is 0 Å². The Kier molecular flexibility index (Phi) is 7.77. The molecule has 4 aromatic rings. The Bertz CT molecular complexity index is 1280. The molecule has 2 heterocycles. The Balaban J connectivity index is 1.51. The molecular formula is C22H15BrCl2N6OS. The van der Waals surface area contributed by atoms with Crippen molar-refractivity contribution in [3.05, 3.63) is 87.1 Å². The van der Waals surface area contributed by atoms with E-state index in [1.165, 1.54) is 18.0 Å². The number of amides is 1. The largest absolute Gasteiger partial charge is 0.272 e. The summed E-state index contributed by atoms with van der Waals surface area (Å²) in [5, 5.41) is 14.1. The van der Waals surface area contributed by atoms with Gasteiger partial charge < -0.3 is 0 Å². The number of carbonyl (C=O) groups excluding carboxylic acids is 1. The van der Waals surface area contributed by atoms with Crippen LogP contribution in [0.5, 0.6) is 0 Å². The summed E-state index contributed by atoms with van der Waals surface area (Å²) in [5.74, 6) is 0.419. The van der Waals surface area contributed by atoms with Crippen molar-refractivity contribution in [2.45, 2.75) is 5.16 Å². The molecule has 0 atom stereocenters. The summed E-state index contributed by atoms with van der Waals surface area (Å²) >= 11 is 16.9. The maximum atomic E-state index is 12.4. The highest BCUT2D eigenvalue weighted by Gasteiger charge is 2.17. The lowest BCUT2D eigenvalue weighted by Crippen LogP contribution is -2.20. The molecule has 0 fully saturated rings. The van der Waals surface area contributed by atoms with Crippen LogP contribution in [-0.2, 0) is 4.79 Å². The SMILES string of the molecule is O=C(CSc1nnc(-c2ccncc2)n1-c1ccc(Br)cc1)NN=Cc1c(Cl)cccc1Cl. The Hall–Kier alpha value is -2.72. The van der Waals surface area contributed by atoms with Crippen LogP contribution in [0.4, 0.5) is 0 Å². The van der Waals surface area contributed by atoms with Crippen molar-refractivity contribution in [3.63, 3.8) is 0 Å². The van der Waals surface area contributed by atoms with Crippen molar-refractivity contribution in [1.82, 2.24) is 25.2 Å². The molecule has 0 saturated heterocycles. The second-order valence-electron chi connectivity index (χ2n) is 6.57. The van der Waals surface area contributed by atoms with E-state index in [0.29, 0.717) is 26.6 Å². The van der Waals surface area contributed by atoms with E-state index in [4.69, 9.17) is 23.2 Å². The number of hydrazone groups is 1. The van der Waals surface area contributed by atoms with E-state index in [2.05, 4.69) is 41.6 Å². The van der Waals surface area contributed by atoms with Gasteiger partial charge in [-0.1, -0.05) is 57.0 Å². The van der Waals surface area contributed by atoms with Gasteiger partial charge in [0.1, 0.15) is 0 Å². The van der Waals surface area contributed by atoms with Crippen LogP contribution >= 0.6 is 50.9 Å². The number of halogens is 3. The van der Waals surface area contributed by atoms with Gasteiger partial charge in [0.2, 0.25) is 0 Å². The van der Waals surface area contributed by atoms with Crippen molar-refractivity contribution in [3.8, 4) is 17.1 Å². The summed E-state index contributed by atoms with van der Waals surface area (Å²) in [4.78, 5) is 16.4. The zero-order valence-corrected chi connectivity index (χ0v) is 20.7. The number of rotatable bonds is 7. The monoisotopic (exact) mass is 560 g/mol. The van der Waals surface area contributed by atoms with Crippen LogP contribution in [0.15, 0.2) is 81.7 Å². The zero-order chi connectivity index (χ0) is 23.2. The van der Waals surface area contributed by atoms with Crippen molar-refractivity contribution in [2.24, 2.45) is 5.10 Å². The highest BCUT2D eigenvalue weighted by Crippen LogP contribution is 2.28. The number of carbonyl (C=O) groups is 1. The van der Waals surface area contributed by atoms with Crippen LogP contribution in [0.1, 0.15) is 5.56 Å². The molecule has 11 heteroatoms. The summed E-state index contributed by atoms with van der Waals surface area (Å²) in [5.41, 5.74) is 4.74. The summed E-state index contributed by atoms with van der Waals surface area (Å²) in [6.07, 6.45) is 4.80. The van der Waals surface area contributed by atoms with Crippen LogP contribution < -0.4 is 5.43 Å². The van der Waals surface area contributed by atoms with Crippen molar-refractivity contribution >= 4 is 63.0 Å². The minimum absolute atomic E-state index is 0.0819. The van der Waals surface area contributed by atoms with Crippen molar-refractivity contribution < 1.29 is 4.79 Å². The van der Waals surface area contributed by atoms with Gasteiger partial charge in [0.15, 0.2) is 11.0 Å². The van der Waals surface area contributed by atoms with Crippen LogP contribution in [0.2, 0.25) is 10.0 Å². The Morgan fingerprint density at radius 1 is 1.06 bits per heavy atom. The van der Waals surface area contributed by atoms with Crippen molar-refractivity contribution in [1.29, 1.82) is 0 Å². The first-order valence-corrected chi connectivity index (χ1v) is 12.1.